The van der Waals surface area contributed by atoms with Gasteiger partial charge in [-0.2, -0.15) is 0 Å². The number of nitrogens with zero attached hydrogens (tertiary/aromatic N) is 2. The van der Waals surface area contributed by atoms with Crippen molar-refractivity contribution in [3.8, 4) is 11.5 Å². The zero-order valence-electron chi connectivity index (χ0n) is 17.6. The molecule has 0 radical (unpaired) electrons. The number of nitrogens with one attached hydrogen (secondary N) is 1. The maximum absolute atomic E-state index is 10.4. The summed E-state index contributed by atoms with van der Waals surface area (Å²) < 4.78 is 0. The van der Waals surface area contributed by atoms with Crippen molar-refractivity contribution < 1.29 is 10.2 Å². The molecule has 0 saturated carbocycles. The number of aromatic hydroxyl groups is 2. The molecule has 5 heteroatoms. The lowest BCUT2D eigenvalue weighted by atomic mass is 10.0. The van der Waals surface area contributed by atoms with Crippen LogP contribution in [0.5, 0.6) is 11.5 Å². The monoisotopic (exact) mass is 399 g/mol. The van der Waals surface area contributed by atoms with E-state index in [2.05, 4.69) is 57.3 Å². The highest BCUT2D eigenvalue weighted by atomic mass is 16.3. The summed E-state index contributed by atoms with van der Waals surface area (Å²) in [6, 6.07) is 16.9. The molecule has 5 nitrogen and oxygen atoms in total. The third kappa shape index (κ3) is 3.79. The van der Waals surface area contributed by atoms with Gasteiger partial charge in [-0.15, -0.1) is 0 Å². The molecule has 3 aromatic rings. The predicted molar refractivity (Wildman–Crippen MR) is 121 cm³/mol. The van der Waals surface area contributed by atoms with Crippen LogP contribution in [0.2, 0.25) is 0 Å². The molecule has 1 aliphatic heterocycles. The number of rotatable bonds is 3. The van der Waals surface area contributed by atoms with Crippen LogP contribution in [0.4, 0.5) is 0 Å². The Balaban J connectivity index is 1.83. The number of hydrogen-bond acceptors (Lipinski definition) is 5. The zero-order valence-corrected chi connectivity index (χ0v) is 17.6. The molecule has 1 atom stereocenters. The molecule has 152 valence electrons. The number of phenols is 2. The van der Waals surface area contributed by atoms with Gasteiger partial charge < -0.3 is 15.5 Å². The van der Waals surface area contributed by atoms with E-state index in [0.29, 0.717) is 17.2 Å². The molecule has 1 unspecified atom stereocenters. The highest BCUT2D eigenvalue weighted by molar-refractivity contribution is 6.16. The van der Waals surface area contributed by atoms with Crippen molar-refractivity contribution in [2.24, 2.45) is 9.98 Å². The molecular formula is C25H25N3O2. The maximum atomic E-state index is 10.4. The molecule has 0 fully saturated rings. The molecule has 30 heavy (non-hydrogen) atoms. The number of benzene rings is 3. The van der Waals surface area contributed by atoms with E-state index in [0.717, 1.165) is 11.1 Å². The Kier molecular flexibility index (Phi) is 5.04. The third-order valence-electron chi connectivity index (χ3n) is 5.59. The Bertz CT molecular complexity index is 1190. The molecule has 3 aromatic carbocycles. The van der Waals surface area contributed by atoms with Crippen molar-refractivity contribution in [1.82, 2.24) is 5.32 Å². The first-order valence-electron chi connectivity index (χ1n) is 9.91. The number of phenolic OH excluding ortho intramolecular Hbond substituents is 2. The van der Waals surface area contributed by atoms with Crippen LogP contribution in [0, 0.1) is 27.7 Å². The van der Waals surface area contributed by atoms with E-state index in [4.69, 9.17) is 9.98 Å². The highest BCUT2D eigenvalue weighted by Crippen LogP contribution is 2.29. The van der Waals surface area contributed by atoms with Crippen LogP contribution in [0.25, 0.3) is 0 Å². The van der Waals surface area contributed by atoms with Crippen molar-refractivity contribution in [3.05, 3.63) is 93.5 Å². The Morgan fingerprint density at radius 1 is 0.700 bits per heavy atom. The Hall–Kier alpha value is -3.60. The maximum Gasteiger partial charge on any atom is 0.169 e. The normalized spacial score (nSPS) is 15.9. The molecule has 0 aliphatic carbocycles. The molecule has 0 amide bonds. The summed E-state index contributed by atoms with van der Waals surface area (Å²) in [6.45, 7) is 8.30. The van der Waals surface area contributed by atoms with E-state index >= 15 is 0 Å². The van der Waals surface area contributed by atoms with E-state index < -0.39 is 6.17 Å². The van der Waals surface area contributed by atoms with Crippen LogP contribution in [0.1, 0.15) is 45.1 Å². The standard InChI is InChI=1S/C25H25N3O2/c1-14-5-7-18(11-16(14)3)23-26-24(19-8-6-15(2)17(4)12-19)28-25(27-23)21-10-9-20(29)13-22(21)30/h5-13,23,29-30H,1-4H3,(H,26,27,28). The van der Waals surface area contributed by atoms with Crippen molar-refractivity contribution in [3.63, 3.8) is 0 Å². The molecular weight excluding hydrogens is 374 g/mol. The van der Waals surface area contributed by atoms with Gasteiger partial charge in [-0.05, 0) is 73.7 Å². The van der Waals surface area contributed by atoms with Gasteiger partial charge in [0, 0.05) is 11.6 Å². The minimum absolute atomic E-state index is 0.00131. The molecule has 0 aromatic heterocycles. The minimum atomic E-state index is -0.439. The molecule has 1 aliphatic rings. The second-order valence-electron chi connectivity index (χ2n) is 7.80. The third-order valence-corrected chi connectivity index (χ3v) is 5.59. The largest absolute Gasteiger partial charge is 0.508 e. The fourth-order valence-corrected chi connectivity index (χ4v) is 3.42. The van der Waals surface area contributed by atoms with Gasteiger partial charge in [0.1, 0.15) is 23.2 Å². The van der Waals surface area contributed by atoms with Crippen LogP contribution in [0.15, 0.2) is 64.6 Å². The molecule has 3 N–H and O–H groups in total. The SMILES string of the molecule is Cc1ccc(C2=NC(c3ccc(C)c(C)c3)N=C(c3ccc(O)cc3O)N2)cc1C. The van der Waals surface area contributed by atoms with Gasteiger partial charge in [0.2, 0.25) is 0 Å². The predicted octanol–water partition coefficient (Wildman–Crippen LogP) is 4.83. The van der Waals surface area contributed by atoms with Crippen LogP contribution >= 0.6 is 0 Å². The van der Waals surface area contributed by atoms with Gasteiger partial charge >= 0.3 is 0 Å². The van der Waals surface area contributed by atoms with Crippen LogP contribution in [-0.4, -0.2) is 21.9 Å². The van der Waals surface area contributed by atoms with Crippen LogP contribution in [0.3, 0.4) is 0 Å². The minimum Gasteiger partial charge on any atom is -0.508 e. The number of amidine groups is 2. The lowest BCUT2D eigenvalue weighted by Crippen LogP contribution is -2.36. The molecule has 1 heterocycles. The molecule has 4 rings (SSSR count). The second-order valence-corrected chi connectivity index (χ2v) is 7.80. The van der Waals surface area contributed by atoms with E-state index in [-0.39, 0.29) is 11.5 Å². The van der Waals surface area contributed by atoms with Crippen LogP contribution in [-0.2, 0) is 0 Å². The van der Waals surface area contributed by atoms with E-state index in [9.17, 15) is 10.2 Å². The average molecular weight is 399 g/mol. The first-order chi connectivity index (χ1) is 14.3. The molecule has 0 bridgehead atoms. The van der Waals surface area contributed by atoms with Gasteiger partial charge in [-0.1, -0.05) is 30.3 Å². The zero-order chi connectivity index (χ0) is 21.4. The fourth-order valence-electron chi connectivity index (χ4n) is 3.42. The fraction of sp³-hybridized carbons (Fsp3) is 0.200. The van der Waals surface area contributed by atoms with Crippen molar-refractivity contribution in [2.75, 3.05) is 0 Å². The summed E-state index contributed by atoms with van der Waals surface area (Å²) in [4.78, 5) is 9.65. The quantitative estimate of drug-likeness (QED) is 0.590. The van der Waals surface area contributed by atoms with E-state index in [1.165, 1.54) is 34.4 Å². The van der Waals surface area contributed by atoms with Gasteiger partial charge in [-0.3, -0.25) is 0 Å². The van der Waals surface area contributed by atoms with E-state index in [1.54, 1.807) is 6.07 Å². The second kappa shape index (κ2) is 7.67. The topological polar surface area (TPSA) is 77.2 Å². The lowest BCUT2D eigenvalue weighted by Gasteiger charge is -2.23. The summed E-state index contributed by atoms with van der Waals surface area (Å²) in [5.41, 5.74) is 7.24. The first kappa shape index (κ1) is 19.7. The Morgan fingerprint density at radius 2 is 1.37 bits per heavy atom. The average Bonchev–Trinajstić information content (AvgIpc) is 2.71. The molecule has 0 saturated heterocycles. The van der Waals surface area contributed by atoms with Crippen molar-refractivity contribution in [2.45, 2.75) is 33.9 Å². The van der Waals surface area contributed by atoms with Gasteiger partial charge in [0.05, 0.1) is 5.56 Å². The van der Waals surface area contributed by atoms with Gasteiger partial charge in [0.15, 0.2) is 6.17 Å². The van der Waals surface area contributed by atoms with E-state index in [1.807, 2.05) is 12.1 Å². The molecule has 0 spiro atoms. The summed E-state index contributed by atoms with van der Waals surface area (Å²) in [5.74, 6) is 1.17. The smallest absolute Gasteiger partial charge is 0.169 e. The Labute approximate surface area is 176 Å². The van der Waals surface area contributed by atoms with Gasteiger partial charge in [-0.25, -0.2) is 9.98 Å². The summed E-state index contributed by atoms with van der Waals surface area (Å²) in [7, 11) is 0. The number of aliphatic imine (C=N–C) groups is 2. The van der Waals surface area contributed by atoms with Crippen molar-refractivity contribution >= 4 is 11.7 Å². The number of hydrogen-bond donors (Lipinski definition) is 3. The first-order valence-corrected chi connectivity index (χ1v) is 9.91. The van der Waals surface area contributed by atoms with Gasteiger partial charge in [0.25, 0.3) is 0 Å². The number of aryl methyl sites for hydroxylation is 4. The van der Waals surface area contributed by atoms with Crippen LogP contribution < -0.4 is 5.32 Å². The lowest BCUT2D eigenvalue weighted by molar-refractivity contribution is 0.449. The highest BCUT2D eigenvalue weighted by Gasteiger charge is 2.22. The summed E-state index contributed by atoms with van der Waals surface area (Å²) in [6.07, 6.45) is -0.439. The summed E-state index contributed by atoms with van der Waals surface area (Å²) in [5, 5.41) is 23.3. The summed E-state index contributed by atoms with van der Waals surface area (Å²) >= 11 is 0. The van der Waals surface area contributed by atoms with Crippen molar-refractivity contribution in [1.29, 1.82) is 0 Å². The Morgan fingerprint density at radius 3 is 2.03 bits per heavy atom.